The number of nitrogen functional groups attached to an aromatic ring is 1. The first kappa shape index (κ1) is 22.8. The number of methoxy groups -OCH3 is 2. The first-order valence-electron chi connectivity index (χ1n) is 10.6. The highest BCUT2D eigenvalue weighted by Crippen LogP contribution is 2.27. The molecular weight excluding hydrogens is 436 g/mol. The second-order valence-electron chi connectivity index (χ2n) is 7.74. The molecule has 4 aromatic rings. The number of rotatable bonds is 8. The molecule has 34 heavy (non-hydrogen) atoms. The van der Waals surface area contributed by atoms with Crippen molar-refractivity contribution in [3.8, 4) is 23.0 Å². The van der Waals surface area contributed by atoms with Gasteiger partial charge >= 0.3 is 0 Å². The smallest absolute Gasteiger partial charge is 0.275 e. The van der Waals surface area contributed by atoms with Gasteiger partial charge in [0.15, 0.2) is 23.0 Å². The molecule has 0 bridgehead atoms. The van der Waals surface area contributed by atoms with Crippen molar-refractivity contribution in [1.82, 2.24) is 25.3 Å². The minimum absolute atomic E-state index is 0.0420. The van der Waals surface area contributed by atoms with Gasteiger partial charge in [-0.15, -0.1) is 5.10 Å². The average Bonchev–Trinajstić information content (AvgIpc) is 3.40. The SMILES string of the molecule is COc1ccc(CNC(=O)c2nnn(Cc3nc(-c4ccc(C)cc4)oc3C)c2N)cc1OC. The Morgan fingerprint density at radius 1 is 1.09 bits per heavy atom. The molecular formula is C24H26N6O4. The van der Waals surface area contributed by atoms with Crippen LogP contribution >= 0.6 is 0 Å². The minimum Gasteiger partial charge on any atom is -0.493 e. The van der Waals surface area contributed by atoms with Crippen LogP contribution in [0.4, 0.5) is 5.82 Å². The summed E-state index contributed by atoms with van der Waals surface area (Å²) < 4.78 is 17.8. The van der Waals surface area contributed by atoms with Gasteiger partial charge in [-0.3, -0.25) is 4.79 Å². The van der Waals surface area contributed by atoms with Crippen LogP contribution in [0.2, 0.25) is 0 Å². The minimum atomic E-state index is -0.434. The van der Waals surface area contributed by atoms with Gasteiger partial charge in [-0.25, -0.2) is 9.67 Å². The fraction of sp³-hybridized carbons (Fsp3) is 0.250. The molecule has 176 valence electrons. The molecule has 2 aromatic carbocycles. The quantitative estimate of drug-likeness (QED) is 0.408. The van der Waals surface area contributed by atoms with Crippen molar-refractivity contribution in [2.45, 2.75) is 26.9 Å². The number of anilines is 1. The molecule has 10 nitrogen and oxygen atoms in total. The molecule has 0 unspecified atom stereocenters. The van der Waals surface area contributed by atoms with Crippen LogP contribution in [-0.4, -0.2) is 40.1 Å². The monoisotopic (exact) mass is 462 g/mol. The summed E-state index contributed by atoms with van der Waals surface area (Å²) in [5, 5.41) is 10.8. The number of carbonyl (C=O) groups excluding carboxylic acids is 1. The fourth-order valence-electron chi connectivity index (χ4n) is 3.39. The standard InChI is InChI=1S/C24H26N6O4/c1-14-5-8-17(9-6-14)24-27-18(15(2)34-24)13-30-22(25)21(28-29-30)23(31)26-12-16-7-10-19(32-3)20(11-16)33-4/h5-11H,12-13,25H2,1-4H3,(H,26,31). The molecule has 0 fully saturated rings. The summed E-state index contributed by atoms with van der Waals surface area (Å²) in [4.78, 5) is 17.2. The Balaban J connectivity index is 1.45. The summed E-state index contributed by atoms with van der Waals surface area (Å²) >= 11 is 0. The molecule has 2 heterocycles. The van der Waals surface area contributed by atoms with Crippen LogP contribution in [-0.2, 0) is 13.1 Å². The highest BCUT2D eigenvalue weighted by Gasteiger charge is 2.20. The fourth-order valence-corrected chi connectivity index (χ4v) is 3.39. The Bertz CT molecular complexity index is 1310. The lowest BCUT2D eigenvalue weighted by molar-refractivity contribution is 0.0946. The van der Waals surface area contributed by atoms with Gasteiger partial charge in [0.05, 0.1) is 20.8 Å². The zero-order valence-electron chi connectivity index (χ0n) is 19.5. The molecule has 2 aromatic heterocycles. The Morgan fingerprint density at radius 2 is 1.82 bits per heavy atom. The topological polar surface area (TPSA) is 130 Å². The molecule has 0 saturated carbocycles. The van der Waals surface area contributed by atoms with Crippen LogP contribution < -0.4 is 20.5 Å². The van der Waals surface area contributed by atoms with Crippen LogP contribution in [0.15, 0.2) is 46.9 Å². The van der Waals surface area contributed by atoms with Gasteiger partial charge in [-0.1, -0.05) is 29.0 Å². The summed E-state index contributed by atoms with van der Waals surface area (Å²) in [6.45, 7) is 4.33. The zero-order chi connectivity index (χ0) is 24.2. The van der Waals surface area contributed by atoms with Crippen molar-refractivity contribution in [1.29, 1.82) is 0 Å². The third-order valence-corrected chi connectivity index (χ3v) is 5.38. The molecule has 0 spiro atoms. The van der Waals surface area contributed by atoms with Crippen molar-refractivity contribution < 1.29 is 18.7 Å². The Labute approximate surface area is 196 Å². The number of nitrogens with zero attached hydrogens (tertiary/aromatic N) is 4. The van der Waals surface area contributed by atoms with Gasteiger partial charge in [-0.2, -0.15) is 0 Å². The number of amides is 1. The van der Waals surface area contributed by atoms with E-state index in [1.54, 1.807) is 26.4 Å². The van der Waals surface area contributed by atoms with E-state index in [4.69, 9.17) is 19.6 Å². The van der Waals surface area contributed by atoms with Gasteiger partial charge in [0.2, 0.25) is 5.89 Å². The number of benzene rings is 2. The van der Waals surface area contributed by atoms with Gasteiger partial charge < -0.3 is 24.9 Å². The maximum atomic E-state index is 12.7. The summed E-state index contributed by atoms with van der Waals surface area (Å²) in [5.74, 6) is 2.05. The molecule has 0 aliphatic rings. The third kappa shape index (κ3) is 4.70. The number of aromatic nitrogens is 4. The van der Waals surface area contributed by atoms with E-state index in [0.717, 1.165) is 16.7 Å². The highest BCUT2D eigenvalue weighted by atomic mass is 16.5. The summed E-state index contributed by atoms with van der Waals surface area (Å²) in [6.07, 6.45) is 0. The Kier molecular flexibility index (Phi) is 6.48. The lowest BCUT2D eigenvalue weighted by Crippen LogP contribution is -2.24. The van der Waals surface area contributed by atoms with E-state index in [9.17, 15) is 4.79 Å². The first-order chi connectivity index (χ1) is 16.4. The average molecular weight is 463 g/mol. The third-order valence-electron chi connectivity index (χ3n) is 5.38. The largest absolute Gasteiger partial charge is 0.493 e. The second kappa shape index (κ2) is 9.65. The molecule has 0 aliphatic carbocycles. The summed E-state index contributed by atoms with van der Waals surface area (Å²) in [7, 11) is 3.12. The Morgan fingerprint density at radius 3 is 2.53 bits per heavy atom. The van der Waals surface area contributed by atoms with E-state index in [2.05, 4.69) is 20.6 Å². The zero-order valence-corrected chi connectivity index (χ0v) is 19.5. The van der Waals surface area contributed by atoms with Gasteiger partial charge in [0.1, 0.15) is 11.5 Å². The van der Waals surface area contributed by atoms with E-state index in [-0.39, 0.29) is 24.6 Å². The number of oxazole rings is 1. The van der Waals surface area contributed by atoms with Crippen LogP contribution in [0.25, 0.3) is 11.5 Å². The van der Waals surface area contributed by atoms with Crippen LogP contribution in [0.3, 0.4) is 0 Å². The van der Waals surface area contributed by atoms with E-state index in [0.29, 0.717) is 28.8 Å². The second-order valence-corrected chi connectivity index (χ2v) is 7.74. The number of hydrogen-bond donors (Lipinski definition) is 2. The molecule has 3 N–H and O–H groups in total. The first-order valence-corrected chi connectivity index (χ1v) is 10.6. The van der Waals surface area contributed by atoms with Crippen LogP contribution in [0.1, 0.15) is 33.1 Å². The Hall–Kier alpha value is -4.34. The number of hydrogen-bond acceptors (Lipinski definition) is 8. The van der Waals surface area contributed by atoms with Gasteiger partial charge in [0, 0.05) is 12.1 Å². The van der Waals surface area contributed by atoms with Crippen molar-refractivity contribution in [3.05, 3.63) is 70.7 Å². The van der Waals surface area contributed by atoms with E-state index < -0.39 is 5.91 Å². The highest BCUT2D eigenvalue weighted by molar-refractivity contribution is 5.96. The van der Waals surface area contributed by atoms with Gasteiger partial charge in [0.25, 0.3) is 5.91 Å². The van der Waals surface area contributed by atoms with Gasteiger partial charge in [-0.05, 0) is 43.7 Å². The lowest BCUT2D eigenvalue weighted by atomic mass is 10.1. The number of carbonyl (C=O) groups is 1. The van der Waals surface area contributed by atoms with E-state index >= 15 is 0 Å². The van der Waals surface area contributed by atoms with E-state index in [1.165, 1.54) is 4.68 Å². The molecule has 4 rings (SSSR count). The summed E-state index contributed by atoms with van der Waals surface area (Å²) in [5.41, 5.74) is 9.73. The molecule has 0 atom stereocenters. The number of ether oxygens (including phenoxy) is 2. The molecule has 0 saturated heterocycles. The van der Waals surface area contributed by atoms with Crippen molar-refractivity contribution in [2.75, 3.05) is 20.0 Å². The molecule has 0 aliphatic heterocycles. The predicted molar refractivity (Wildman–Crippen MR) is 126 cm³/mol. The maximum Gasteiger partial charge on any atom is 0.275 e. The van der Waals surface area contributed by atoms with Crippen molar-refractivity contribution in [2.24, 2.45) is 0 Å². The van der Waals surface area contributed by atoms with Crippen LogP contribution in [0.5, 0.6) is 11.5 Å². The lowest BCUT2D eigenvalue weighted by Gasteiger charge is -2.10. The molecule has 1 amide bonds. The van der Waals surface area contributed by atoms with E-state index in [1.807, 2.05) is 44.2 Å². The number of nitrogens with two attached hydrogens (primary N) is 1. The number of nitrogens with one attached hydrogen (secondary N) is 1. The summed E-state index contributed by atoms with van der Waals surface area (Å²) in [6, 6.07) is 13.3. The van der Waals surface area contributed by atoms with Crippen molar-refractivity contribution in [3.63, 3.8) is 0 Å². The molecule has 0 radical (unpaired) electrons. The van der Waals surface area contributed by atoms with Crippen molar-refractivity contribution >= 4 is 11.7 Å². The predicted octanol–water partition coefficient (Wildman–Crippen LogP) is 3.13. The number of aryl methyl sites for hydroxylation is 2. The normalized spacial score (nSPS) is 10.8. The maximum absolute atomic E-state index is 12.7. The van der Waals surface area contributed by atoms with Crippen LogP contribution in [0, 0.1) is 13.8 Å². The molecule has 10 heteroatoms.